The first-order valence-electron chi connectivity index (χ1n) is 6.01. The first kappa shape index (κ1) is 14.3. The van der Waals surface area contributed by atoms with Gasteiger partial charge >= 0.3 is 0 Å². The molecule has 20 heavy (non-hydrogen) atoms. The van der Waals surface area contributed by atoms with Crippen molar-refractivity contribution in [2.24, 2.45) is 0 Å². The van der Waals surface area contributed by atoms with Gasteiger partial charge in [0.1, 0.15) is 5.75 Å². The zero-order valence-corrected chi connectivity index (χ0v) is 12.4. The monoisotopic (exact) mass is 292 g/mol. The minimum absolute atomic E-state index is 0.222. The number of anilines is 1. The van der Waals surface area contributed by atoms with Gasteiger partial charge in [-0.2, -0.15) is 0 Å². The van der Waals surface area contributed by atoms with Gasteiger partial charge in [0, 0.05) is 6.20 Å². The zero-order chi connectivity index (χ0) is 14.8. The molecule has 0 bridgehead atoms. The summed E-state index contributed by atoms with van der Waals surface area (Å²) in [5.41, 5.74) is 1.95. The molecular weight excluding hydrogens is 276 g/mol. The Hall–Kier alpha value is -2.08. The van der Waals surface area contributed by atoms with Gasteiger partial charge in [-0.1, -0.05) is 0 Å². The van der Waals surface area contributed by atoms with Crippen LogP contribution in [0, 0.1) is 13.8 Å². The van der Waals surface area contributed by atoms with Crippen LogP contribution in [0.25, 0.3) is 0 Å². The minimum Gasteiger partial charge on any atom is -0.497 e. The normalized spacial score (nSPS) is 11.2. The Labute approximate surface area is 118 Å². The molecule has 5 nitrogen and oxygen atoms in total. The second-order valence-corrected chi connectivity index (χ2v) is 6.14. The lowest BCUT2D eigenvalue weighted by molar-refractivity contribution is 0.414. The second kappa shape index (κ2) is 5.50. The van der Waals surface area contributed by atoms with Crippen LogP contribution in [0.4, 0.5) is 5.69 Å². The molecule has 0 aliphatic heterocycles. The average Bonchev–Trinajstić information content (AvgIpc) is 2.37. The van der Waals surface area contributed by atoms with E-state index in [9.17, 15) is 8.42 Å². The van der Waals surface area contributed by atoms with Crippen molar-refractivity contribution in [2.45, 2.75) is 18.7 Å². The molecule has 0 unspecified atom stereocenters. The Kier molecular flexibility index (Phi) is 3.94. The maximum absolute atomic E-state index is 12.4. The molecule has 0 amide bonds. The first-order chi connectivity index (χ1) is 9.42. The maximum Gasteiger partial charge on any atom is 0.262 e. The zero-order valence-electron chi connectivity index (χ0n) is 11.5. The van der Waals surface area contributed by atoms with Gasteiger partial charge in [-0.3, -0.25) is 9.71 Å². The Morgan fingerprint density at radius 2 is 1.90 bits per heavy atom. The molecule has 6 heteroatoms. The molecule has 0 spiro atoms. The molecule has 0 saturated carbocycles. The summed E-state index contributed by atoms with van der Waals surface area (Å²) >= 11 is 0. The summed E-state index contributed by atoms with van der Waals surface area (Å²) in [6.07, 6.45) is 3.14. The van der Waals surface area contributed by atoms with Crippen LogP contribution in [0.5, 0.6) is 5.75 Å². The highest BCUT2D eigenvalue weighted by Gasteiger charge is 2.17. The summed E-state index contributed by atoms with van der Waals surface area (Å²) in [7, 11) is -2.09. The van der Waals surface area contributed by atoms with E-state index in [-0.39, 0.29) is 4.90 Å². The molecular formula is C14H16N2O3S. The third-order valence-electron chi connectivity index (χ3n) is 2.80. The van der Waals surface area contributed by atoms with Gasteiger partial charge in [0.05, 0.1) is 23.9 Å². The van der Waals surface area contributed by atoms with Crippen molar-refractivity contribution < 1.29 is 13.2 Å². The second-order valence-electron chi connectivity index (χ2n) is 4.49. The number of sulfonamides is 1. The summed E-state index contributed by atoms with van der Waals surface area (Å²) < 4.78 is 32.3. The van der Waals surface area contributed by atoms with Crippen molar-refractivity contribution in [1.29, 1.82) is 0 Å². The highest BCUT2D eigenvalue weighted by molar-refractivity contribution is 7.92. The van der Waals surface area contributed by atoms with Gasteiger partial charge in [0.25, 0.3) is 10.0 Å². The number of aromatic nitrogens is 1. The van der Waals surface area contributed by atoms with E-state index in [1.165, 1.54) is 12.3 Å². The molecule has 2 rings (SSSR count). The van der Waals surface area contributed by atoms with E-state index in [4.69, 9.17) is 4.74 Å². The lowest BCUT2D eigenvalue weighted by Gasteiger charge is -2.11. The van der Waals surface area contributed by atoms with Gasteiger partial charge in [0.15, 0.2) is 0 Å². The first-order valence-corrected chi connectivity index (χ1v) is 7.50. The van der Waals surface area contributed by atoms with Gasteiger partial charge < -0.3 is 4.74 Å². The van der Waals surface area contributed by atoms with E-state index < -0.39 is 10.0 Å². The molecule has 106 valence electrons. The summed E-state index contributed by atoms with van der Waals surface area (Å²) in [6, 6.07) is 6.56. The lowest BCUT2D eigenvalue weighted by atomic mass is 10.2. The molecule has 0 radical (unpaired) electrons. The molecule has 0 saturated heterocycles. The number of pyridine rings is 1. The van der Waals surface area contributed by atoms with E-state index in [1.807, 2.05) is 6.92 Å². The molecule has 0 atom stereocenters. The number of ether oxygens (including phenoxy) is 1. The highest BCUT2D eigenvalue weighted by Crippen LogP contribution is 2.23. The van der Waals surface area contributed by atoms with Crippen LogP contribution in [0.1, 0.15) is 11.1 Å². The fourth-order valence-corrected chi connectivity index (χ4v) is 3.13. The highest BCUT2D eigenvalue weighted by atomic mass is 32.2. The fourth-order valence-electron chi connectivity index (χ4n) is 1.87. The predicted molar refractivity (Wildman–Crippen MR) is 77.5 cm³/mol. The molecule has 1 heterocycles. The quantitative estimate of drug-likeness (QED) is 0.940. The standard InChI is InChI=1S/C14H16N2O3S/c1-10-6-12(9-15-8-10)16-20(17,18)14-5-4-13(19-3)7-11(14)2/h4-9,16H,1-3H3. The van der Waals surface area contributed by atoms with E-state index >= 15 is 0 Å². The van der Waals surface area contributed by atoms with Crippen LogP contribution in [-0.4, -0.2) is 20.5 Å². The largest absolute Gasteiger partial charge is 0.497 e. The van der Waals surface area contributed by atoms with E-state index in [0.29, 0.717) is 17.0 Å². The van der Waals surface area contributed by atoms with Crippen molar-refractivity contribution in [3.8, 4) is 5.75 Å². The third kappa shape index (κ3) is 3.08. The van der Waals surface area contributed by atoms with Crippen molar-refractivity contribution in [3.05, 3.63) is 47.8 Å². The van der Waals surface area contributed by atoms with Crippen LogP contribution in [0.15, 0.2) is 41.6 Å². The molecule has 1 N–H and O–H groups in total. The Balaban J connectivity index is 2.36. The number of nitrogens with zero attached hydrogens (tertiary/aromatic N) is 1. The smallest absolute Gasteiger partial charge is 0.262 e. The van der Waals surface area contributed by atoms with Crippen LogP contribution in [-0.2, 0) is 10.0 Å². The maximum atomic E-state index is 12.4. The molecule has 2 aromatic rings. The Morgan fingerprint density at radius 1 is 1.15 bits per heavy atom. The summed E-state index contributed by atoms with van der Waals surface area (Å²) in [6.45, 7) is 3.58. The van der Waals surface area contributed by atoms with E-state index in [1.54, 1.807) is 38.4 Å². The lowest BCUT2D eigenvalue weighted by Crippen LogP contribution is -2.14. The molecule has 0 aliphatic rings. The third-order valence-corrected chi connectivity index (χ3v) is 4.34. The van der Waals surface area contributed by atoms with Crippen molar-refractivity contribution in [2.75, 3.05) is 11.8 Å². The number of rotatable bonds is 4. The van der Waals surface area contributed by atoms with Crippen molar-refractivity contribution >= 4 is 15.7 Å². The number of hydrogen-bond acceptors (Lipinski definition) is 4. The van der Waals surface area contributed by atoms with Crippen molar-refractivity contribution in [3.63, 3.8) is 0 Å². The summed E-state index contributed by atoms with van der Waals surface area (Å²) in [5.74, 6) is 0.624. The van der Waals surface area contributed by atoms with E-state index in [2.05, 4.69) is 9.71 Å². The Bertz CT molecular complexity index is 727. The van der Waals surface area contributed by atoms with Crippen LogP contribution >= 0.6 is 0 Å². The summed E-state index contributed by atoms with van der Waals surface area (Å²) in [4.78, 5) is 4.19. The summed E-state index contributed by atoms with van der Waals surface area (Å²) in [5, 5.41) is 0. The number of nitrogens with one attached hydrogen (secondary N) is 1. The van der Waals surface area contributed by atoms with E-state index in [0.717, 1.165) is 5.56 Å². The Morgan fingerprint density at radius 3 is 2.50 bits per heavy atom. The molecule has 1 aromatic carbocycles. The predicted octanol–water partition coefficient (Wildman–Crippen LogP) is 2.51. The van der Waals surface area contributed by atoms with Gasteiger partial charge in [0.2, 0.25) is 0 Å². The number of methoxy groups -OCH3 is 1. The average molecular weight is 292 g/mol. The molecule has 0 aliphatic carbocycles. The number of aryl methyl sites for hydroxylation is 2. The topological polar surface area (TPSA) is 68.3 Å². The van der Waals surface area contributed by atoms with Crippen LogP contribution in [0.3, 0.4) is 0 Å². The van der Waals surface area contributed by atoms with Gasteiger partial charge in [-0.15, -0.1) is 0 Å². The molecule has 1 aromatic heterocycles. The number of hydrogen-bond donors (Lipinski definition) is 1. The van der Waals surface area contributed by atoms with Gasteiger partial charge in [-0.25, -0.2) is 8.42 Å². The number of benzene rings is 1. The minimum atomic E-state index is -3.63. The molecule has 0 fully saturated rings. The van der Waals surface area contributed by atoms with Crippen LogP contribution in [0.2, 0.25) is 0 Å². The fraction of sp³-hybridized carbons (Fsp3) is 0.214. The van der Waals surface area contributed by atoms with Crippen LogP contribution < -0.4 is 9.46 Å². The van der Waals surface area contributed by atoms with Crippen molar-refractivity contribution in [1.82, 2.24) is 4.98 Å². The van der Waals surface area contributed by atoms with Gasteiger partial charge in [-0.05, 0) is 49.2 Å². The SMILES string of the molecule is COc1ccc(S(=O)(=O)Nc2cncc(C)c2)c(C)c1.